The van der Waals surface area contributed by atoms with Crippen LogP contribution in [0.4, 0.5) is 5.69 Å². The van der Waals surface area contributed by atoms with Gasteiger partial charge in [0.15, 0.2) is 0 Å². The molecule has 0 aromatic heterocycles. The number of anilines is 1. The summed E-state index contributed by atoms with van der Waals surface area (Å²) < 4.78 is 5.18. The van der Waals surface area contributed by atoms with E-state index < -0.39 is 0 Å². The van der Waals surface area contributed by atoms with E-state index in [0.717, 1.165) is 5.69 Å². The van der Waals surface area contributed by atoms with Crippen molar-refractivity contribution in [3.8, 4) is 0 Å². The molecule has 21 heavy (non-hydrogen) atoms. The van der Waals surface area contributed by atoms with Crippen molar-refractivity contribution < 1.29 is 14.6 Å². The molecule has 1 saturated heterocycles. The normalized spacial score (nSPS) is 16.4. The van der Waals surface area contributed by atoms with E-state index in [2.05, 4.69) is 24.5 Å². The Kier molecular flexibility index (Phi) is 5.20. The number of nitrogens with one attached hydrogen (secondary N) is 2. The maximum Gasteiger partial charge on any atom is 0.253 e. The molecule has 0 aliphatic carbocycles. The van der Waals surface area contributed by atoms with Crippen LogP contribution >= 0.6 is 0 Å². The largest absolute Gasteiger partial charge is 0.396 e. The molecule has 1 aliphatic heterocycles. The average molecular weight is 292 g/mol. The number of rotatable bonds is 7. The zero-order valence-corrected chi connectivity index (χ0v) is 12.7. The van der Waals surface area contributed by atoms with Crippen LogP contribution in [0.3, 0.4) is 0 Å². The average Bonchev–Trinajstić information content (AvgIpc) is 2.44. The van der Waals surface area contributed by atoms with Gasteiger partial charge in [0.05, 0.1) is 30.8 Å². The number of aliphatic hydroxyl groups is 1. The van der Waals surface area contributed by atoms with Crippen LogP contribution in [0.15, 0.2) is 24.3 Å². The number of amides is 1. The Morgan fingerprint density at radius 1 is 1.38 bits per heavy atom. The molecule has 1 fully saturated rings. The third-order valence-corrected chi connectivity index (χ3v) is 3.65. The van der Waals surface area contributed by atoms with Gasteiger partial charge in [-0.25, -0.2) is 0 Å². The van der Waals surface area contributed by atoms with Crippen molar-refractivity contribution in [2.24, 2.45) is 11.3 Å². The van der Waals surface area contributed by atoms with Gasteiger partial charge >= 0.3 is 0 Å². The highest BCUT2D eigenvalue weighted by molar-refractivity contribution is 5.99. The van der Waals surface area contributed by atoms with Gasteiger partial charge in [0.2, 0.25) is 0 Å². The number of carbonyl (C=O) groups excluding carboxylic acids is 1. The topological polar surface area (TPSA) is 70.6 Å². The van der Waals surface area contributed by atoms with Crippen LogP contribution in [0.2, 0.25) is 0 Å². The fraction of sp³-hybridized carbons (Fsp3) is 0.562. The first-order chi connectivity index (χ1) is 10.1. The molecule has 0 unspecified atom stereocenters. The molecule has 1 aromatic rings. The molecule has 0 bridgehead atoms. The second-order valence-electron chi connectivity index (χ2n) is 6.15. The molecule has 3 N–H and O–H groups in total. The number of aliphatic hydroxyl groups excluding tert-OH is 1. The first-order valence-corrected chi connectivity index (χ1v) is 7.36. The van der Waals surface area contributed by atoms with Gasteiger partial charge in [-0.2, -0.15) is 0 Å². The molecule has 1 aliphatic rings. The minimum absolute atomic E-state index is 0.0743. The lowest BCUT2D eigenvalue weighted by Gasteiger charge is -2.40. The zero-order valence-electron chi connectivity index (χ0n) is 12.7. The number of para-hydroxylation sites is 1. The van der Waals surface area contributed by atoms with Crippen LogP contribution in [-0.4, -0.2) is 43.9 Å². The van der Waals surface area contributed by atoms with Crippen molar-refractivity contribution in [1.29, 1.82) is 0 Å². The van der Waals surface area contributed by atoms with Crippen molar-refractivity contribution >= 4 is 11.6 Å². The van der Waals surface area contributed by atoms with Crippen LogP contribution in [0.1, 0.15) is 24.2 Å². The van der Waals surface area contributed by atoms with E-state index >= 15 is 0 Å². The highest BCUT2D eigenvalue weighted by Gasteiger charge is 2.38. The summed E-state index contributed by atoms with van der Waals surface area (Å²) >= 11 is 0. The van der Waals surface area contributed by atoms with E-state index in [9.17, 15) is 9.90 Å². The summed E-state index contributed by atoms with van der Waals surface area (Å²) in [6.45, 7) is 6.57. The summed E-state index contributed by atoms with van der Waals surface area (Å²) in [5.41, 5.74) is 1.20. The number of benzene rings is 1. The SMILES string of the molecule is CC(C)CNC(=O)c1ccccc1NCC1(CO)COC1. The monoisotopic (exact) mass is 292 g/mol. The molecular formula is C16H24N2O3. The van der Waals surface area contributed by atoms with E-state index in [4.69, 9.17) is 4.74 Å². The predicted molar refractivity (Wildman–Crippen MR) is 82.4 cm³/mol. The van der Waals surface area contributed by atoms with Gasteiger partial charge in [0.1, 0.15) is 0 Å². The highest BCUT2D eigenvalue weighted by atomic mass is 16.5. The third kappa shape index (κ3) is 3.95. The molecule has 0 radical (unpaired) electrons. The Morgan fingerprint density at radius 3 is 2.67 bits per heavy atom. The Hall–Kier alpha value is -1.59. The molecule has 0 spiro atoms. The molecule has 1 aromatic carbocycles. The Bertz CT molecular complexity index is 479. The first kappa shape index (κ1) is 15.8. The standard InChI is InChI=1S/C16H24N2O3/c1-12(2)7-17-15(20)13-5-3-4-6-14(13)18-8-16(9-19)10-21-11-16/h3-6,12,18-19H,7-11H2,1-2H3,(H,17,20). The van der Waals surface area contributed by atoms with Gasteiger partial charge in [0.25, 0.3) is 5.91 Å². The van der Waals surface area contributed by atoms with Crippen LogP contribution in [-0.2, 0) is 4.74 Å². The molecule has 116 valence electrons. The minimum Gasteiger partial charge on any atom is -0.396 e. The van der Waals surface area contributed by atoms with E-state index in [1.165, 1.54) is 0 Å². The predicted octanol–water partition coefficient (Wildman–Crippen LogP) is 1.49. The van der Waals surface area contributed by atoms with E-state index in [1.807, 2.05) is 18.2 Å². The number of hydrogen-bond acceptors (Lipinski definition) is 4. The second kappa shape index (κ2) is 6.91. The summed E-state index contributed by atoms with van der Waals surface area (Å²) in [6, 6.07) is 7.43. The van der Waals surface area contributed by atoms with Crippen LogP contribution in [0, 0.1) is 11.3 Å². The van der Waals surface area contributed by atoms with Crippen molar-refractivity contribution in [3.63, 3.8) is 0 Å². The third-order valence-electron chi connectivity index (χ3n) is 3.65. The lowest BCUT2D eigenvalue weighted by molar-refractivity contribution is -0.128. The first-order valence-electron chi connectivity index (χ1n) is 7.36. The van der Waals surface area contributed by atoms with Gasteiger partial charge in [0, 0.05) is 18.8 Å². The number of ether oxygens (including phenoxy) is 1. The zero-order chi connectivity index (χ0) is 15.3. The van der Waals surface area contributed by atoms with Gasteiger partial charge in [-0.15, -0.1) is 0 Å². The summed E-state index contributed by atoms with van der Waals surface area (Å²) in [4.78, 5) is 12.2. The maximum absolute atomic E-state index is 12.2. The van der Waals surface area contributed by atoms with Crippen molar-refractivity contribution in [3.05, 3.63) is 29.8 Å². The lowest BCUT2D eigenvalue weighted by atomic mass is 9.87. The van der Waals surface area contributed by atoms with E-state index in [-0.39, 0.29) is 17.9 Å². The van der Waals surface area contributed by atoms with Gasteiger partial charge in [-0.3, -0.25) is 4.79 Å². The van der Waals surface area contributed by atoms with Crippen LogP contribution in [0.5, 0.6) is 0 Å². The smallest absolute Gasteiger partial charge is 0.253 e. The maximum atomic E-state index is 12.2. The molecule has 0 saturated carbocycles. The lowest BCUT2D eigenvalue weighted by Crippen LogP contribution is -2.50. The second-order valence-corrected chi connectivity index (χ2v) is 6.15. The fourth-order valence-corrected chi connectivity index (χ4v) is 2.15. The van der Waals surface area contributed by atoms with Crippen molar-refractivity contribution in [2.75, 3.05) is 38.2 Å². The minimum atomic E-state index is -0.221. The molecular weight excluding hydrogens is 268 g/mol. The summed E-state index contributed by atoms with van der Waals surface area (Å²) in [5, 5.41) is 15.6. The fourth-order valence-electron chi connectivity index (χ4n) is 2.15. The summed E-state index contributed by atoms with van der Waals surface area (Å²) in [6.07, 6.45) is 0. The molecule has 5 nitrogen and oxygen atoms in total. The number of hydrogen-bond donors (Lipinski definition) is 3. The molecule has 5 heteroatoms. The summed E-state index contributed by atoms with van der Waals surface area (Å²) in [5.74, 6) is 0.341. The van der Waals surface area contributed by atoms with Crippen LogP contribution in [0.25, 0.3) is 0 Å². The quantitative estimate of drug-likeness (QED) is 0.712. The molecule has 2 rings (SSSR count). The highest BCUT2D eigenvalue weighted by Crippen LogP contribution is 2.27. The number of carbonyl (C=O) groups is 1. The van der Waals surface area contributed by atoms with Crippen molar-refractivity contribution in [1.82, 2.24) is 5.32 Å². The van der Waals surface area contributed by atoms with Crippen LogP contribution < -0.4 is 10.6 Å². The van der Waals surface area contributed by atoms with E-state index in [0.29, 0.717) is 37.8 Å². The summed E-state index contributed by atoms with van der Waals surface area (Å²) in [7, 11) is 0. The Balaban J connectivity index is 2.01. The van der Waals surface area contributed by atoms with Gasteiger partial charge < -0.3 is 20.5 Å². The Labute approximate surface area is 125 Å². The van der Waals surface area contributed by atoms with E-state index in [1.54, 1.807) is 6.07 Å². The molecule has 1 amide bonds. The molecule has 0 atom stereocenters. The van der Waals surface area contributed by atoms with Crippen molar-refractivity contribution in [2.45, 2.75) is 13.8 Å². The van der Waals surface area contributed by atoms with Gasteiger partial charge in [-0.1, -0.05) is 26.0 Å². The van der Waals surface area contributed by atoms with Gasteiger partial charge in [-0.05, 0) is 18.1 Å². The molecule has 1 heterocycles. The Morgan fingerprint density at radius 2 is 2.10 bits per heavy atom.